The zero-order valence-corrected chi connectivity index (χ0v) is 12.4. The molecule has 0 saturated carbocycles. The molecule has 1 amide bonds. The Balaban J connectivity index is 2.13. The molecule has 108 valence electrons. The minimum absolute atomic E-state index is 0.171. The Morgan fingerprint density at radius 2 is 2.05 bits per heavy atom. The summed E-state index contributed by atoms with van der Waals surface area (Å²) < 4.78 is 5.41. The van der Waals surface area contributed by atoms with Crippen LogP contribution in [0.25, 0.3) is 0 Å². The second kappa shape index (κ2) is 9.69. The fraction of sp³-hybridized carbons (Fsp3) is 0.750. The van der Waals surface area contributed by atoms with E-state index in [1.165, 1.54) is 11.3 Å². The van der Waals surface area contributed by atoms with Gasteiger partial charge in [0, 0.05) is 26.3 Å². The fourth-order valence-corrected chi connectivity index (χ4v) is 2.07. The molecule has 2 N–H and O–H groups in total. The van der Waals surface area contributed by atoms with Crippen LogP contribution in [0, 0.1) is 0 Å². The van der Waals surface area contributed by atoms with E-state index >= 15 is 0 Å². The number of amides is 1. The summed E-state index contributed by atoms with van der Waals surface area (Å²) in [5.74, 6) is -0.171. The number of rotatable bonds is 10. The number of aromatic nitrogens is 2. The first-order chi connectivity index (χ1) is 9.27. The summed E-state index contributed by atoms with van der Waals surface area (Å²) >= 11 is 1.26. The zero-order chi connectivity index (χ0) is 13.9. The first kappa shape index (κ1) is 15.8. The molecule has 1 aromatic rings. The Hall–Kier alpha value is -1.21. The van der Waals surface area contributed by atoms with E-state index in [1.807, 2.05) is 6.92 Å². The number of carbonyl (C=O) groups is 1. The summed E-state index contributed by atoms with van der Waals surface area (Å²) in [5.41, 5.74) is 0. The predicted octanol–water partition coefficient (Wildman–Crippen LogP) is 1.91. The maximum atomic E-state index is 11.7. The second-order valence-electron chi connectivity index (χ2n) is 4.02. The monoisotopic (exact) mass is 286 g/mol. The third kappa shape index (κ3) is 6.49. The third-order valence-electron chi connectivity index (χ3n) is 2.34. The number of nitrogens with one attached hydrogen (secondary N) is 2. The van der Waals surface area contributed by atoms with E-state index in [9.17, 15) is 4.79 Å². The third-order valence-corrected chi connectivity index (χ3v) is 3.22. The number of nitrogens with zero attached hydrogens (tertiary/aromatic N) is 2. The van der Waals surface area contributed by atoms with Crippen LogP contribution in [0.3, 0.4) is 0 Å². The summed E-state index contributed by atoms with van der Waals surface area (Å²) in [6, 6.07) is 0. The highest BCUT2D eigenvalue weighted by Gasteiger charge is 2.11. The van der Waals surface area contributed by atoms with Crippen molar-refractivity contribution in [3.8, 4) is 0 Å². The van der Waals surface area contributed by atoms with Crippen molar-refractivity contribution in [2.75, 3.05) is 31.6 Å². The molecule has 0 aliphatic carbocycles. The Morgan fingerprint density at radius 1 is 1.26 bits per heavy atom. The maximum absolute atomic E-state index is 11.7. The number of carbonyl (C=O) groups excluding carboxylic acids is 1. The van der Waals surface area contributed by atoms with Crippen molar-refractivity contribution in [3.05, 3.63) is 5.01 Å². The van der Waals surface area contributed by atoms with Gasteiger partial charge in [-0.05, 0) is 19.8 Å². The molecule has 0 aliphatic rings. The first-order valence-electron chi connectivity index (χ1n) is 6.71. The van der Waals surface area contributed by atoms with Crippen LogP contribution in [0.4, 0.5) is 5.13 Å². The number of hydrogen-bond acceptors (Lipinski definition) is 6. The summed E-state index contributed by atoms with van der Waals surface area (Å²) in [7, 11) is 0. The van der Waals surface area contributed by atoms with E-state index < -0.39 is 0 Å². The topological polar surface area (TPSA) is 76.1 Å². The standard InChI is InChI=1S/C12H22N4O2S/c1-3-5-8-18-9-6-7-14-10(17)11-15-16-12(19-11)13-4-2/h3-9H2,1-2H3,(H,13,16)(H,14,17). The van der Waals surface area contributed by atoms with Crippen LogP contribution in [0.5, 0.6) is 0 Å². The minimum Gasteiger partial charge on any atom is -0.381 e. The summed E-state index contributed by atoms with van der Waals surface area (Å²) in [4.78, 5) is 11.7. The predicted molar refractivity (Wildman–Crippen MR) is 76.7 cm³/mol. The van der Waals surface area contributed by atoms with Crippen molar-refractivity contribution in [2.45, 2.75) is 33.1 Å². The molecule has 1 rings (SSSR count). The average Bonchev–Trinajstić information content (AvgIpc) is 2.87. The van der Waals surface area contributed by atoms with Gasteiger partial charge in [-0.3, -0.25) is 4.79 Å². The van der Waals surface area contributed by atoms with Crippen LogP contribution >= 0.6 is 11.3 Å². The molecule has 0 aliphatic heterocycles. The smallest absolute Gasteiger partial charge is 0.282 e. The largest absolute Gasteiger partial charge is 0.381 e. The average molecular weight is 286 g/mol. The lowest BCUT2D eigenvalue weighted by molar-refractivity contribution is 0.0939. The van der Waals surface area contributed by atoms with Gasteiger partial charge in [0.15, 0.2) is 0 Å². The van der Waals surface area contributed by atoms with Gasteiger partial charge in [-0.15, -0.1) is 10.2 Å². The van der Waals surface area contributed by atoms with E-state index in [4.69, 9.17) is 4.74 Å². The summed E-state index contributed by atoms with van der Waals surface area (Å²) in [6.45, 7) is 6.95. The van der Waals surface area contributed by atoms with Crippen LogP contribution in [-0.4, -0.2) is 42.4 Å². The summed E-state index contributed by atoms with van der Waals surface area (Å²) in [5, 5.41) is 14.6. The van der Waals surface area contributed by atoms with Crippen molar-refractivity contribution in [3.63, 3.8) is 0 Å². The van der Waals surface area contributed by atoms with Gasteiger partial charge >= 0.3 is 0 Å². The lowest BCUT2D eigenvalue weighted by Crippen LogP contribution is -2.25. The van der Waals surface area contributed by atoms with Gasteiger partial charge in [0.25, 0.3) is 5.91 Å². The van der Waals surface area contributed by atoms with Crippen LogP contribution in [0.2, 0.25) is 0 Å². The van der Waals surface area contributed by atoms with E-state index in [1.54, 1.807) is 0 Å². The van der Waals surface area contributed by atoms with E-state index in [2.05, 4.69) is 27.8 Å². The van der Waals surface area contributed by atoms with Gasteiger partial charge in [0.1, 0.15) is 0 Å². The normalized spacial score (nSPS) is 10.4. The van der Waals surface area contributed by atoms with E-state index in [0.717, 1.165) is 32.4 Å². The van der Waals surface area contributed by atoms with Crippen molar-refractivity contribution in [1.82, 2.24) is 15.5 Å². The number of hydrogen-bond donors (Lipinski definition) is 2. The molecule has 0 spiro atoms. The maximum Gasteiger partial charge on any atom is 0.282 e. The Bertz CT molecular complexity index is 370. The molecule has 0 atom stereocenters. The lowest BCUT2D eigenvalue weighted by Gasteiger charge is -2.04. The Morgan fingerprint density at radius 3 is 2.79 bits per heavy atom. The van der Waals surface area contributed by atoms with Crippen LogP contribution < -0.4 is 10.6 Å². The van der Waals surface area contributed by atoms with Crippen molar-refractivity contribution >= 4 is 22.4 Å². The first-order valence-corrected chi connectivity index (χ1v) is 7.52. The second-order valence-corrected chi connectivity index (χ2v) is 5.00. The van der Waals surface area contributed by atoms with Gasteiger partial charge in [0.2, 0.25) is 10.1 Å². The van der Waals surface area contributed by atoms with Gasteiger partial charge in [-0.25, -0.2) is 0 Å². The van der Waals surface area contributed by atoms with E-state index in [-0.39, 0.29) is 5.91 Å². The molecule has 7 heteroatoms. The Labute approximate surface area is 118 Å². The highest BCUT2D eigenvalue weighted by atomic mass is 32.1. The van der Waals surface area contributed by atoms with Crippen LogP contribution in [0.15, 0.2) is 0 Å². The van der Waals surface area contributed by atoms with Crippen LogP contribution in [0.1, 0.15) is 42.9 Å². The van der Waals surface area contributed by atoms with Gasteiger partial charge in [-0.1, -0.05) is 24.7 Å². The molecule has 1 aromatic heterocycles. The quantitative estimate of drug-likeness (QED) is 0.643. The van der Waals surface area contributed by atoms with Crippen LogP contribution in [-0.2, 0) is 4.74 Å². The molecule has 0 aromatic carbocycles. The highest BCUT2D eigenvalue weighted by Crippen LogP contribution is 2.14. The number of ether oxygens (including phenoxy) is 1. The molecular weight excluding hydrogens is 264 g/mol. The van der Waals surface area contributed by atoms with Gasteiger partial charge in [-0.2, -0.15) is 0 Å². The molecule has 1 heterocycles. The number of anilines is 1. The van der Waals surface area contributed by atoms with Crippen molar-refractivity contribution in [2.24, 2.45) is 0 Å². The molecule has 6 nitrogen and oxygen atoms in total. The van der Waals surface area contributed by atoms with Gasteiger partial charge in [0.05, 0.1) is 0 Å². The van der Waals surface area contributed by atoms with Crippen molar-refractivity contribution in [1.29, 1.82) is 0 Å². The Kier molecular flexibility index (Phi) is 8.08. The molecule has 0 unspecified atom stereocenters. The molecule has 0 fully saturated rings. The lowest BCUT2D eigenvalue weighted by atomic mass is 10.3. The fourth-order valence-electron chi connectivity index (χ4n) is 1.34. The molecule has 19 heavy (non-hydrogen) atoms. The van der Waals surface area contributed by atoms with Crippen molar-refractivity contribution < 1.29 is 9.53 Å². The molecule has 0 bridgehead atoms. The zero-order valence-electron chi connectivity index (χ0n) is 11.6. The van der Waals surface area contributed by atoms with E-state index in [0.29, 0.717) is 23.3 Å². The SMILES string of the molecule is CCCCOCCCNC(=O)c1nnc(NCC)s1. The molecular formula is C12H22N4O2S. The molecule has 0 radical (unpaired) electrons. The minimum atomic E-state index is -0.171. The van der Waals surface area contributed by atoms with Gasteiger partial charge < -0.3 is 15.4 Å². The summed E-state index contributed by atoms with van der Waals surface area (Å²) in [6.07, 6.45) is 3.04. The number of unbranched alkanes of at least 4 members (excludes halogenated alkanes) is 1. The highest BCUT2D eigenvalue weighted by molar-refractivity contribution is 7.17. The molecule has 0 saturated heterocycles.